The molecule has 2 rings (SSSR count). The minimum atomic E-state index is -4.20. The summed E-state index contributed by atoms with van der Waals surface area (Å²) in [5, 5.41) is 5.68. The summed E-state index contributed by atoms with van der Waals surface area (Å²) >= 11 is 0. The first-order valence-electron chi connectivity index (χ1n) is 9.34. The van der Waals surface area contributed by atoms with Crippen LogP contribution in [0.25, 0.3) is 0 Å². The Morgan fingerprint density at radius 3 is 2.59 bits per heavy atom. The molecular weight excluding hydrogens is 359 g/mol. The fourth-order valence-corrected chi connectivity index (χ4v) is 2.98. The zero-order chi connectivity index (χ0) is 19.7. The molecule has 1 fully saturated rings. The Labute approximate surface area is 158 Å². The van der Waals surface area contributed by atoms with Gasteiger partial charge in [-0.05, 0) is 38.7 Å². The third-order valence-corrected chi connectivity index (χ3v) is 4.32. The molecule has 0 amide bonds. The molecule has 0 aromatic heterocycles. The number of nitrogens with one attached hydrogen (secondary N) is 2. The molecule has 0 bridgehead atoms. The third-order valence-electron chi connectivity index (χ3n) is 4.32. The number of benzene rings is 1. The lowest BCUT2D eigenvalue weighted by Crippen LogP contribution is -2.38. The van der Waals surface area contributed by atoms with Crippen molar-refractivity contribution in [1.82, 2.24) is 10.6 Å². The van der Waals surface area contributed by atoms with Crippen LogP contribution in [0.15, 0.2) is 23.2 Å². The SMILES string of the molecule is CCNC(=NCc1cccc(OC)c1OC1CCCC1)NCCC(F)(F)F. The van der Waals surface area contributed by atoms with Gasteiger partial charge in [-0.2, -0.15) is 13.2 Å². The van der Waals surface area contributed by atoms with E-state index >= 15 is 0 Å². The largest absolute Gasteiger partial charge is 0.493 e. The summed E-state index contributed by atoms with van der Waals surface area (Å²) < 4.78 is 48.6. The smallest absolute Gasteiger partial charge is 0.390 e. The fraction of sp³-hybridized carbons (Fsp3) is 0.632. The molecule has 2 N–H and O–H groups in total. The first kappa shape index (κ1) is 21.2. The quantitative estimate of drug-likeness (QED) is 0.523. The molecule has 0 radical (unpaired) electrons. The number of ether oxygens (including phenoxy) is 2. The van der Waals surface area contributed by atoms with Crippen LogP contribution in [-0.2, 0) is 6.54 Å². The summed E-state index contributed by atoms with van der Waals surface area (Å²) in [5.74, 6) is 1.66. The van der Waals surface area contributed by atoms with E-state index in [0.717, 1.165) is 31.2 Å². The third kappa shape index (κ3) is 7.19. The summed E-state index contributed by atoms with van der Waals surface area (Å²) in [6, 6.07) is 5.59. The molecule has 5 nitrogen and oxygen atoms in total. The van der Waals surface area contributed by atoms with Crippen LogP contribution in [0.3, 0.4) is 0 Å². The second-order valence-electron chi connectivity index (χ2n) is 6.46. The zero-order valence-corrected chi connectivity index (χ0v) is 15.9. The van der Waals surface area contributed by atoms with E-state index in [1.165, 1.54) is 0 Å². The molecule has 1 aliphatic rings. The maximum Gasteiger partial charge on any atom is 0.390 e. The van der Waals surface area contributed by atoms with Crippen molar-refractivity contribution in [2.45, 2.75) is 57.9 Å². The minimum Gasteiger partial charge on any atom is -0.493 e. The second-order valence-corrected chi connectivity index (χ2v) is 6.46. The highest BCUT2D eigenvalue weighted by atomic mass is 19.4. The van der Waals surface area contributed by atoms with Gasteiger partial charge in [0.05, 0.1) is 26.2 Å². The van der Waals surface area contributed by atoms with Gasteiger partial charge in [0, 0.05) is 18.7 Å². The molecule has 8 heteroatoms. The molecule has 1 aromatic carbocycles. The highest BCUT2D eigenvalue weighted by Gasteiger charge is 2.26. The lowest BCUT2D eigenvalue weighted by atomic mass is 10.1. The standard InChI is InChI=1S/C19H28F3N3O2/c1-3-23-18(24-12-11-19(20,21)22)25-13-14-7-6-10-16(26-2)17(14)27-15-8-4-5-9-15/h6-7,10,15H,3-5,8-9,11-13H2,1-2H3,(H2,23,24,25). The second kappa shape index (κ2) is 10.3. The van der Waals surface area contributed by atoms with Crippen molar-refractivity contribution in [1.29, 1.82) is 0 Å². The number of hydrogen-bond acceptors (Lipinski definition) is 3. The summed E-state index contributed by atoms with van der Waals surface area (Å²) in [4.78, 5) is 4.41. The summed E-state index contributed by atoms with van der Waals surface area (Å²) in [6.45, 7) is 2.47. The maximum atomic E-state index is 12.3. The van der Waals surface area contributed by atoms with Crippen LogP contribution in [0.5, 0.6) is 11.5 Å². The number of guanidine groups is 1. The van der Waals surface area contributed by atoms with E-state index in [1.54, 1.807) is 7.11 Å². The Kier molecular flexibility index (Phi) is 8.06. The van der Waals surface area contributed by atoms with E-state index in [-0.39, 0.29) is 19.2 Å². The topological polar surface area (TPSA) is 54.9 Å². The van der Waals surface area contributed by atoms with Gasteiger partial charge in [-0.1, -0.05) is 12.1 Å². The number of hydrogen-bond donors (Lipinski definition) is 2. The van der Waals surface area contributed by atoms with Gasteiger partial charge in [0.2, 0.25) is 0 Å². The van der Waals surface area contributed by atoms with Gasteiger partial charge >= 0.3 is 6.18 Å². The lowest BCUT2D eigenvalue weighted by Gasteiger charge is -2.19. The first-order chi connectivity index (χ1) is 12.9. The maximum absolute atomic E-state index is 12.3. The average molecular weight is 387 g/mol. The molecule has 1 saturated carbocycles. The Hall–Kier alpha value is -2.12. The van der Waals surface area contributed by atoms with Crippen molar-refractivity contribution in [2.24, 2.45) is 4.99 Å². The highest BCUT2D eigenvalue weighted by Crippen LogP contribution is 2.35. The molecule has 0 heterocycles. The molecule has 1 aromatic rings. The molecule has 0 spiro atoms. The van der Waals surface area contributed by atoms with Crippen molar-refractivity contribution in [3.63, 3.8) is 0 Å². The summed E-state index contributed by atoms with van der Waals surface area (Å²) in [6.07, 6.45) is -0.596. The molecule has 1 aliphatic carbocycles. The van der Waals surface area contributed by atoms with Crippen molar-refractivity contribution in [2.75, 3.05) is 20.2 Å². The summed E-state index contributed by atoms with van der Waals surface area (Å²) in [5.41, 5.74) is 0.842. The number of aliphatic imine (C=N–C) groups is 1. The zero-order valence-electron chi connectivity index (χ0n) is 15.9. The molecule has 0 aliphatic heterocycles. The van der Waals surface area contributed by atoms with E-state index in [0.29, 0.717) is 24.0 Å². The van der Waals surface area contributed by atoms with Crippen LogP contribution in [0.4, 0.5) is 13.2 Å². The Morgan fingerprint density at radius 2 is 1.96 bits per heavy atom. The van der Waals surface area contributed by atoms with Gasteiger partial charge in [-0.25, -0.2) is 4.99 Å². The van der Waals surface area contributed by atoms with E-state index in [4.69, 9.17) is 9.47 Å². The number of para-hydroxylation sites is 1. The van der Waals surface area contributed by atoms with Gasteiger partial charge in [-0.15, -0.1) is 0 Å². The minimum absolute atomic E-state index is 0.169. The van der Waals surface area contributed by atoms with Crippen molar-refractivity contribution >= 4 is 5.96 Å². The number of nitrogens with zero attached hydrogens (tertiary/aromatic N) is 1. The molecular formula is C19H28F3N3O2. The van der Waals surface area contributed by atoms with E-state index in [2.05, 4.69) is 15.6 Å². The van der Waals surface area contributed by atoms with Gasteiger partial charge in [0.15, 0.2) is 17.5 Å². The van der Waals surface area contributed by atoms with Crippen LogP contribution in [0, 0.1) is 0 Å². The van der Waals surface area contributed by atoms with Crippen LogP contribution in [-0.4, -0.2) is 38.4 Å². The number of methoxy groups -OCH3 is 1. The molecule has 0 unspecified atom stereocenters. The predicted molar refractivity (Wildman–Crippen MR) is 99.4 cm³/mol. The molecule has 27 heavy (non-hydrogen) atoms. The van der Waals surface area contributed by atoms with E-state index in [9.17, 15) is 13.2 Å². The van der Waals surface area contributed by atoms with Crippen LogP contribution < -0.4 is 20.1 Å². The fourth-order valence-electron chi connectivity index (χ4n) is 2.98. The number of halogens is 3. The van der Waals surface area contributed by atoms with Crippen molar-refractivity contribution < 1.29 is 22.6 Å². The van der Waals surface area contributed by atoms with Crippen LogP contribution in [0.2, 0.25) is 0 Å². The molecule has 0 saturated heterocycles. The lowest BCUT2D eigenvalue weighted by molar-refractivity contribution is -0.132. The molecule has 0 atom stereocenters. The van der Waals surface area contributed by atoms with Gasteiger partial charge in [0.1, 0.15) is 0 Å². The number of alkyl halides is 3. The average Bonchev–Trinajstić information content (AvgIpc) is 3.12. The Morgan fingerprint density at radius 1 is 1.22 bits per heavy atom. The Bertz CT molecular complexity index is 615. The van der Waals surface area contributed by atoms with Gasteiger partial charge in [-0.3, -0.25) is 0 Å². The van der Waals surface area contributed by atoms with E-state index < -0.39 is 12.6 Å². The normalized spacial score (nSPS) is 15.7. The Balaban J connectivity index is 2.09. The van der Waals surface area contributed by atoms with Crippen LogP contribution >= 0.6 is 0 Å². The van der Waals surface area contributed by atoms with Gasteiger partial charge in [0.25, 0.3) is 0 Å². The van der Waals surface area contributed by atoms with Crippen molar-refractivity contribution in [3.05, 3.63) is 23.8 Å². The highest BCUT2D eigenvalue weighted by molar-refractivity contribution is 5.79. The first-order valence-corrected chi connectivity index (χ1v) is 9.34. The predicted octanol–water partition coefficient (Wildman–Crippen LogP) is 4.02. The van der Waals surface area contributed by atoms with Crippen LogP contribution in [0.1, 0.15) is 44.6 Å². The monoisotopic (exact) mass is 387 g/mol. The summed E-state index contributed by atoms with van der Waals surface area (Å²) in [7, 11) is 1.59. The molecule has 152 valence electrons. The number of rotatable bonds is 8. The van der Waals surface area contributed by atoms with E-state index in [1.807, 2.05) is 25.1 Å². The van der Waals surface area contributed by atoms with Crippen molar-refractivity contribution in [3.8, 4) is 11.5 Å². The van der Waals surface area contributed by atoms with Gasteiger partial charge < -0.3 is 20.1 Å².